The molecule has 0 radical (unpaired) electrons. The highest BCUT2D eigenvalue weighted by Gasteiger charge is 2.18. The summed E-state index contributed by atoms with van der Waals surface area (Å²) in [4.78, 5) is 11.9. The molecule has 2 amide bonds. The number of urea groups is 1. The van der Waals surface area contributed by atoms with Gasteiger partial charge in [0.1, 0.15) is 5.75 Å². The Hall–Kier alpha value is -1.71. The number of methoxy groups -OCH3 is 1. The minimum atomic E-state index is -0.103. The van der Waals surface area contributed by atoms with Gasteiger partial charge in [-0.3, -0.25) is 0 Å². The second-order valence-corrected chi connectivity index (χ2v) is 7.25. The first-order valence-corrected chi connectivity index (χ1v) is 7.88. The molecule has 1 aromatic carbocycles. The highest BCUT2D eigenvalue weighted by atomic mass is 16.5. The van der Waals surface area contributed by atoms with E-state index in [9.17, 15) is 4.79 Å². The quantitative estimate of drug-likeness (QED) is 0.840. The number of hydrogen-bond donors (Lipinski definition) is 2. The van der Waals surface area contributed by atoms with Crippen molar-refractivity contribution in [1.29, 1.82) is 0 Å². The van der Waals surface area contributed by atoms with Crippen LogP contribution in [0.1, 0.15) is 46.1 Å². The van der Waals surface area contributed by atoms with Gasteiger partial charge in [0.15, 0.2) is 0 Å². The van der Waals surface area contributed by atoms with Gasteiger partial charge in [0, 0.05) is 19.0 Å². The van der Waals surface area contributed by atoms with E-state index in [0.29, 0.717) is 19.0 Å². The predicted octanol–water partition coefficient (Wildman–Crippen LogP) is 3.78. The first kappa shape index (κ1) is 18.3. The van der Waals surface area contributed by atoms with E-state index in [1.165, 1.54) is 5.56 Å². The van der Waals surface area contributed by atoms with E-state index < -0.39 is 0 Å². The lowest BCUT2D eigenvalue weighted by atomic mass is 9.88. The molecule has 0 aliphatic rings. The summed E-state index contributed by atoms with van der Waals surface area (Å²) in [6, 6.07) is 7.96. The number of ether oxygens (including phenoxy) is 1. The monoisotopic (exact) mass is 306 g/mol. The number of carbonyl (C=O) groups excluding carboxylic acids is 1. The molecular weight excluding hydrogens is 276 g/mol. The van der Waals surface area contributed by atoms with E-state index >= 15 is 0 Å². The summed E-state index contributed by atoms with van der Waals surface area (Å²) in [6.45, 7) is 11.9. The third kappa shape index (κ3) is 6.37. The molecule has 124 valence electrons. The summed E-state index contributed by atoms with van der Waals surface area (Å²) < 4.78 is 5.19. The Morgan fingerprint density at radius 3 is 2.18 bits per heavy atom. The lowest BCUT2D eigenvalue weighted by molar-refractivity contribution is 0.234. The first-order valence-electron chi connectivity index (χ1n) is 7.88. The fraction of sp³-hybridized carbons (Fsp3) is 0.611. The van der Waals surface area contributed by atoms with Crippen LogP contribution in [0.25, 0.3) is 0 Å². The lowest BCUT2D eigenvalue weighted by Gasteiger charge is -2.23. The zero-order valence-corrected chi connectivity index (χ0v) is 14.7. The molecule has 1 unspecified atom stereocenters. The van der Waals surface area contributed by atoms with Crippen molar-refractivity contribution >= 4 is 6.03 Å². The number of hydrogen-bond acceptors (Lipinski definition) is 2. The van der Waals surface area contributed by atoms with Crippen molar-refractivity contribution in [3.8, 4) is 5.75 Å². The molecular formula is C18H30N2O2. The topological polar surface area (TPSA) is 50.4 Å². The van der Waals surface area contributed by atoms with Crippen molar-refractivity contribution in [2.24, 2.45) is 11.3 Å². The van der Waals surface area contributed by atoms with Crippen molar-refractivity contribution in [2.75, 3.05) is 20.2 Å². The van der Waals surface area contributed by atoms with Gasteiger partial charge in [-0.1, -0.05) is 46.8 Å². The minimum absolute atomic E-state index is 0.0881. The number of rotatable bonds is 6. The molecule has 1 atom stereocenters. The predicted molar refractivity (Wildman–Crippen MR) is 91.4 cm³/mol. The van der Waals surface area contributed by atoms with E-state index in [0.717, 1.165) is 5.75 Å². The Morgan fingerprint density at radius 2 is 1.73 bits per heavy atom. The standard InChI is InChI=1S/C18H30N2O2/c1-13(2)16(14-7-9-15(22-6)10-8-14)11-19-17(21)20-12-18(3,4)5/h7-10,13,16H,11-12H2,1-6H3,(H2,19,20,21). The molecule has 0 aliphatic carbocycles. The van der Waals surface area contributed by atoms with Crippen molar-refractivity contribution < 1.29 is 9.53 Å². The van der Waals surface area contributed by atoms with Gasteiger partial charge in [0.2, 0.25) is 0 Å². The van der Waals surface area contributed by atoms with Crippen molar-refractivity contribution in [2.45, 2.75) is 40.5 Å². The highest BCUT2D eigenvalue weighted by Crippen LogP contribution is 2.25. The zero-order valence-electron chi connectivity index (χ0n) is 14.7. The third-order valence-electron chi connectivity index (χ3n) is 3.61. The number of benzene rings is 1. The molecule has 0 heterocycles. The number of nitrogens with one attached hydrogen (secondary N) is 2. The molecule has 22 heavy (non-hydrogen) atoms. The Balaban J connectivity index is 2.59. The van der Waals surface area contributed by atoms with Gasteiger partial charge in [-0.2, -0.15) is 0 Å². The maximum absolute atomic E-state index is 11.9. The molecule has 0 saturated carbocycles. The van der Waals surface area contributed by atoms with E-state index in [-0.39, 0.29) is 17.4 Å². The third-order valence-corrected chi connectivity index (χ3v) is 3.61. The molecule has 1 rings (SSSR count). The fourth-order valence-electron chi connectivity index (χ4n) is 2.20. The van der Waals surface area contributed by atoms with Crippen LogP contribution in [0, 0.1) is 11.3 Å². The van der Waals surface area contributed by atoms with Crippen LogP contribution in [0.5, 0.6) is 5.75 Å². The second kappa shape index (κ2) is 8.06. The van der Waals surface area contributed by atoms with Gasteiger partial charge in [0.05, 0.1) is 7.11 Å². The lowest BCUT2D eigenvalue weighted by Crippen LogP contribution is -2.41. The van der Waals surface area contributed by atoms with E-state index in [1.807, 2.05) is 12.1 Å². The molecule has 0 bridgehead atoms. The van der Waals surface area contributed by atoms with Crippen LogP contribution in [0.2, 0.25) is 0 Å². The second-order valence-electron chi connectivity index (χ2n) is 7.25. The maximum atomic E-state index is 11.9. The Labute approximate surface area is 134 Å². The summed E-state index contributed by atoms with van der Waals surface area (Å²) in [5.41, 5.74) is 1.30. The Kier molecular flexibility index (Phi) is 6.72. The summed E-state index contributed by atoms with van der Waals surface area (Å²) in [5.74, 6) is 1.57. The average molecular weight is 306 g/mol. The Bertz CT molecular complexity index is 461. The molecule has 0 fully saturated rings. The molecule has 0 spiro atoms. The summed E-state index contributed by atoms with van der Waals surface area (Å²) in [5, 5.41) is 5.90. The maximum Gasteiger partial charge on any atom is 0.314 e. The fourth-order valence-corrected chi connectivity index (χ4v) is 2.20. The first-order chi connectivity index (χ1) is 10.2. The van der Waals surface area contributed by atoms with Gasteiger partial charge in [-0.25, -0.2) is 4.79 Å². The van der Waals surface area contributed by atoms with Crippen LogP contribution in [0.3, 0.4) is 0 Å². The van der Waals surface area contributed by atoms with E-state index in [1.54, 1.807) is 7.11 Å². The molecule has 0 saturated heterocycles. The molecule has 2 N–H and O–H groups in total. The normalized spacial score (nSPS) is 12.9. The number of amides is 2. The van der Waals surface area contributed by atoms with Crippen LogP contribution >= 0.6 is 0 Å². The van der Waals surface area contributed by atoms with Crippen LogP contribution in [-0.2, 0) is 0 Å². The van der Waals surface area contributed by atoms with Crippen LogP contribution in [-0.4, -0.2) is 26.2 Å². The smallest absolute Gasteiger partial charge is 0.314 e. The molecule has 0 aromatic heterocycles. The largest absolute Gasteiger partial charge is 0.497 e. The summed E-state index contributed by atoms with van der Waals surface area (Å²) in [6.07, 6.45) is 0. The van der Waals surface area contributed by atoms with Crippen LogP contribution in [0.15, 0.2) is 24.3 Å². The molecule has 0 aliphatic heterocycles. The zero-order chi connectivity index (χ0) is 16.8. The SMILES string of the molecule is COc1ccc(C(CNC(=O)NCC(C)(C)C)C(C)C)cc1. The molecule has 1 aromatic rings. The molecule has 4 nitrogen and oxygen atoms in total. The highest BCUT2D eigenvalue weighted by molar-refractivity contribution is 5.73. The summed E-state index contributed by atoms with van der Waals surface area (Å²) >= 11 is 0. The van der Waals surface area contributed by atoms with Gasteiger partial charge < -0.3 is 15.4 Å². The summed E-state index contributed by atoms with van der Waals surface area (Å²) in [7, 11) is 1.66. The van der Waals surface area contributed by atoms with E-state index in [2.05, 4.69) is 57.4 Å². The number of carbonyl (C=O) groups is 1. The average Bonchev–Trinajstić information content (AvgIpc) is 2.45. The van der Waals surface area contributed by atoms with Crippen LogP contribution in [0.4, 0.5) is 4.79 Å². The van der Waals surface area contributed by atoms with E-state index in [4.69, 9.17) is 4.74 Å². The van der Waals surface area contributed by atoms with Gasteiger partial charge in [-0.15, -0.1) is 0 Å². The van der Waals surface area contributed by atoms with Gasteiger partial charge in [-0.05, 0) is 29.0 Å². The van der Waals surface area contributed by atoms with Crippen molar-refractivity contribution in [1.82, 2.24) is 10.6 Å². The van der Waals surface area contributed by atoms with Gasteiger partial charge in [0.25, 0.3) is 0 Å². The minimum Gasteiger partial charge on any atom is -0.497 e. The van der Waals surface area contributed by atoms with Crippen molar-refractivity contribution in [3.63, 3.8) is 0 Å². The van der Waals surface area contributed by atoms with Crippen molar-refractivity contribution in [3.05, 3.63) is 29.8 Å². The Morgan fingerprint density at radius 1 is 1.14 bits per heavy atom. The van der Waals surface area contributed by atoms with Crippen LogP contribution < -0.4 is 15.4 Å². The van der Waals surface area contributed by atoms with Gasteiger partial charge >= 0.3 is 6.03 Å². The molecule has 4 heteroatoms.